The van der Waals surface area contributed by atoms with Crippen molar-refractivity contribution in [2.24, 2.45) is 34.5 Å². The number of ketones is 1. The lowest BCUT2D eigenvalue weighted by atomic mass is 9.42. The zero-order valence-electron chi connectivity index (χ0n) is 21.7. The van der Waals surface area contributed by atoms with Crippen LogP contribution in [0.4, 0.5) is 0 Å². The third-order valence-electron chi connectivity index (χ3n) is 13.5. The Bertz CT molecular complexity index is 1120. The SMILES string of the molecule is C[C@@H]1[C@@H]([C@@H]2O[C@H](O)[C@@]3(C)O[C@@]23C)O[C@@]2(O)C[C@H]3[C@@H](C[C@H]4O[C@]45CC=CC(=O)[C@]35C)[C@@H]3CC[C@]1(O)[C@]32C. The van der Waals surface area contributed by atoms with Gasteiger partial charge in [0.1, 0.15) is 22.9 Å². The molecule has 0 unspecified atom stereocenters. The van der Waals surface area contributed by atoms with E-state index >= 15 is 0 Å². The van der Waals surface area contributed by atoms with Gasteiger partial charge >= 0.3 is 0 Å². The van der Waals surface area contributed by atoms with Crippen LogP contribution in [0.25, 0.3) is 0 Å². The lowest BCUT2D eigenvalue weighted by Crippen LogP contribution is -2.77. The van der Waals surface area contributed by atoms with Crippen molar-refractivity contribution < 1.29 is 39.1 Å². The highest BCUT2D eigenvalue weighted by Gasteiger charge is 2.86. The van der Waals surface area contributed by atoms with Gasteiger partial charge < -0.3 is 34.3 Å². The summed E-state index contributed by atoms with van der Waals surface area (Å²) in [6.07, 6.45) is 4.41. The summed E-state index contributed by atoms with van der Waals surface area (Å²) in [5, 5.41) is 35.6. The van der Waals surface area contributed by atoms with E-state index in [0.29, 0.717) is 6.42 Å². The monoisotopic (exact) mass is 502 g/mol. The van der Waals surface area contributed by atoms with Crippen molar-refractivity contribution in [3.05, 3.63) is 12.2 Å². The number of ether oxygens (including phenoxy) is 4. The zero-order chi connectivity index (χ0) is 25.5. The van der Waals surface area contributed by atoms with Crippen LogP contribution in [0.1, 0.15) is 66.7 Å². The third kappa shape index (κ3) is 1.99. The highest BCUT2D eigenvalue weighted by Crippen LogP contribution is 2.77. The minimum absolute atomic E-state index is 0.000459. The molecule has 1 spiro atoms. The van der Waals surface area contributed by atoms with Gasteiger partial charge in [-0.2, -0.15) is 0 Å². The van der Waals surface area contributed by atoms with Gasteiger partial charge in [0.15, 0.2) is 17.9 Å². The number of hydrogen-bond donors (Lipinski definition) is 3. The molecule has 8 rings (SSSR count). The number of rotatable bonds is 1. The van der Waals surface area contributed by atoms with Crippen LogP contribution in [0, 0.1) is 34.5 Å². The molecule has 198 valence electrons. The predicted octanol–water partition coefficient (Wildman–Crippen LogP) is 1.83. The lowest BCUT2D eigenvalue weighted by molar-refractivity contribution is -0.420. The number of carbonyl (C=O) groups excluding carboxylic acids is 1. The number of epoxide rings is 2. The van der Waals surface area contributed by atoms with E-state index in [0.717, 1.165) is 19.3 Å². The minimum atomic E-state index is -1.66. The maximum Gasteiger partial charge on any atom is 0.187 e. The fourth-order valence-electron chi connectivity index (χ4n) is 10.8. The molecule has 4 aliphatic heterocycles. The molecule has 15 atom stereocenters. The average molecular weight is 503 g/mol. The van der Waals surface area contributed by atoms with Gasteiger partial charge in [-0.1, -0.05) is 19.9 Å². The summed E-state index contributed by atoms with van der Waals surface area (Å²) in [5.41, 5.74) is -4.90. The van der Waals surface area contributed by atoms with E-state index in [4.69, 9.17) is 18.9 Å². The summed E-state index contributed by atoms with van der Waals surface area (Å²) in [5.74, 6) is -1.90. The van der Waals surface area contributed by atoms with Gasteiger partial charge in [0.25, 0.3) is 0 Å². The van der Waals surface area contributed by atoms with Crippen LogP contribution in [0.15, 0.2) is 12.2 Å². The van der Waals surface area contributed by atoms with Crippen molar-refractivity contribution in [3.8, 4) is 0 Å². The smallest absolute Gasteiger partial charge is 0.187 e. The maximum atomic E-state index is 13.5. The Morgan fingerprint density at radius 2 is 1.81 bits per heavy atom. The van der Waals surface area contributed by atoms with Gasteiger partial charge in [-0.3, -0.25) is 4.79 Å². The predicted molar refractivity (Wildman–Crippen MR) is 124 cm³/mol. The van der Waals surface area contributed by atoms with Gasteiger partial charge in [0.2, 0.25) is 0 Å². The Hall–Kier alpha value is -0.870. The Kier molecular flexibility index (Phi) is 3.83. The first-order chi connectivity index (χ1) is 16.7. The van der Waals surface area contributed by atoms with Gasteiger partial charge in [-0.25, -0.2) is 0 Å². The van der Waals surface area contributed by atoms with Crippen LogP contribution in [0.5, 0.6) is 0 Å². The third-order valence-corrected chi connectivity index (χ3v) is 13.5. The number of hydrogen-bond acceptors (Lipinski definition) is 8. The van der Waals surface area contributed by atoms with Crippen molar-refractivity contribution in [2.45, 2.75) is 120 Å². The summed E-state index contributed by atoms with van der Waals surface area (Å²) in [6.45, 7) is 9.74. The van der Waals surface area contributed by atoms with E-state index in [9.17, 15) is 20.1 Å². The van der Waals surface area contributed by atoms with Gasteiger partial charge in [0.05, 0.1) is 28.6 Å². The zero-order valence-corrected chi connectivity index (χ0v) is 21.7. The molecule has 0 aromatic carbocycles. The first kappa shape index (κ1) is 23.1. The van der Waals surface area contributed by atoms with E-state index in [1.165, 1.54) is 0 Å². The number of fused-ring (bicyclic) bond motifs is 4. The molecule has 0 radical (unpaired) electrons. The molecule has 3 N–H and O–H groups in total. The molecule has 4 aliphatic carbocycles. The Balaban J connectivity index is 1.24. The Morgan fingerprint density at radius 1 is 1.06 bits per heavy atom. The molecule has 0 aromatic heterocycles. The summed E-state index contributed by atoms with van der Waals surface area (Å²) < 4.78 is 25.1. The first-order valence-electron chi connectivity index (χ1n) is 13.8. The van der Waals surface area contributed by atoms with Gasteiger partial charge in [0, 0.05) is 12.3 Å². The molecule has 7 fully saturated rings. The number of aliphatic hydroxyl groups excluding tert-OH is 1. The second-order valence-electron chi connectivity index (χ2n) is 14.0. The number of aliphatic hydroxyl groups is 3. The normalized spacial score (nSPS) is 69.9. The van der Waals surface area contributed by atoms with Crippen molar-refractivity contribution >= 4 is 5.78 Å². The fourth-order valence-corrected chi connectivity index (χ4v) is 10.8. The molecular weight excluding hydrogens is 464 g/mol. The summed E-state index contributed by atoms with van der Waals surface area (Å²) in [7, 11) is 0. The molecule has 8 aliphatic rings. The van der Waals surface area contributed by atoms with E-state index in [1.807, 2.05) is 40.7 Å². The molecule has 3 saturated carbocycles. The van der Waals surface area contributed by atoms with Crippen molar-refractivity contribution in [3.63, 3.8) is 0 Å². The molecule has 8 heteroatoms. The van der Waals surface area contributed by atoms with E-state index in [1.54, 1.807) is 6.08 Å². The standard InChI is InChI=1S/C28H38O8/c1-13-19(20-24(4)25(5,36-24)21(30)33-20)35-28(32)12-16-14(15-8-10-26(13,31)23(15,28)3)11-18-27(34-18)9-6-7-17(29)22(16,27)2/h6-7,13-16,18-21,30-32H,8-12H2,1-5H3/t13-,14+,15+,16+,18-,19+,20+,21+,22+,23+,24+,25-,26-,27-,28+/m1/s1. The second-order valence-corrected chi connectivity index (χ2v) is 14.0. The van der Waals surface area contributed by atoms with Gasteiger partial charge in [-0.15, -0.1) is 0 Å². The summed E-state index contributed by atoms with van der Waals surface area (Å²) in [6, 6.07) is 0. The van der Waals surface area contributed by atoms with Crippen LogP contribution in [0.2, 0.25) is 0 Å². The Morgan fingerprint density at radius 3 is 2.47 bits per heavy atom. The van der Waals surface area contributed by atoms with E-state index in [2.05, 4.69) is 0 Å². The van der Waals surface area contributed by atoms with Crippen molar-refractivity contribution in [2.75, 3.05) is 0 Å². The first-order valence-corrected chi connectivity index (χ1v) is 13.8. The molecule has 8 nitrogen and oxygen atoms in total. The van der Waals surface area contributed by atoms with Crippen LogP contribution >= 0.6 is 0 Å². The van der Waals surface area contributed by atoms with E-state index in [-0.39, 0.29) is 42.0 Å². The van der Waals surface area contributed by atoms with Crippen molar-refractivity contribution in [1.29, 1.82) is 0 Å². The average Bonchev–Trinajstić information content (AvgIpc) is 3.61. The largest absolute Gasteiger partial charge is 0.389 e. The second kappa shape index (κ2) is 5.98. The number of carbonyl (C=O) groups is 1. The highest BCUT2D eigenvalue weighted by atomic mass is 16.8. The molecule has 36 heavy (non-hydrogen) atoms. The summed E-state index contributed by atoms with van der Waals surface area (Å²) in [4.78, 5) is 13.5. The minimum Gasteiger partial charge on any atom is -0.389 e. The quantitative estimate of drug-likeness (QED) is 0.465. The van der Waals surface area contributed by atoms with Gasteiger partial charge in [-0.05, 0) is 70.3 Å². The lowest BCUT2D eigenvalue weighted by Gasteiger charge is -2.68. The number of allylic oxidation sites excluding steroid dienone is 1. The van der Waals surface area contributed by atoms with Crippen LogP contribution in [-0.2, 0) is 23.7 Å². The molecule has 0 aromatic rings. The molecular formula is C28H38O8. The topological polar surface area (TPSA) is 121 Å². The molecule has 4 heterocycles. The molecule has 4 saturated heterocycles. The summed E-state index contributed by atoms with van der Waals surface area (Å²) >= 11 is 0. The Labute approximate surface area is 211 Å². The van der Waals surface area contributed by atoms with Crippen LogP contribution < -0.4 is 0 Å². The fraction of sp³-hybridized carbons (Fsp3) is 0.893. The molecule has 0 bridgehead atoms. The van der Waals surface area contributed by atoms with Crippen LogP contribution in [-0.4, -0.2) is 73.9 Å². The maximum absolute atomic E-state index is 13.5. The van der Waals surface area contributed by atoms with Crippen LogP contribution in [0.3, 0.4) is 0 Å². The molecule has 0 amide bonds. The van der Waals surface area contributed by atoms with E-state index < -0.39 is 57.5 Å². The highest BCUT2D eigenvalue weighted by molar-refractivity contribution is 5.97. The van der Waals surface area contributed by atoms with Crippen molar-refractivity contribution in [1.82, 2.24) is 0 Å².